The fourth-order valence-corrected chi connectivity index (χ4v) is 4.09. The van der Waals surface area contributed by atoms with Gasteiger partial charge in [-0.3, -0.25) is 0 Å². The largest absolute Gasteiger partial charge is 0.324 e. The maximum absolute atomic E-state index is 6.47. The number of nitrogens with two attached hydrogens (primary N) is 1. The van der Waals surface area contributed by atoms with Crippen molar-refractivity contribution < 1.29 is 0 Å². The zero-order valence-electron chi connectivity index (χ0n) is 11.6. The lowest BCUT2D eigenvalue weighted by Gasteiger charge is -2.17. The van der Waals surface area contributed by atoms with Crippen molar-refractivity contribution >= 4 is 10.8 Å². The highest BCUT2D eigenvalue weighted by molar-refractivity contribution is 5.94. The Morgan fingerprint density at radius 3 is 2.84 bits per heavy atom. The Balaban J connectivity index is 2.03. The van der Waals surface area contributed by atoms with Crippen LogP contribution < -0.4 is 5.73 Å². The molecule has 98 valence electrons. The molecule has 0 amide bonds. The van der Waals surface area contributed by atoms with Crippen molar-refractivity contribution in [1.29, 1.82) is 0 Å². The van der Waals surface area contributed by atoms with Crippen LogP contribution in [0.3, 0.4) is 0 Å². The smallest absolute Gasteiger partial charge is 0.0300 e. The molecule has 0 aliphatic heterocycles. The molecule has 0 bridgehead atoms. The standard InChI is InChI=1S/C18H21N/c1-11-5-8-14-15-4-2-3-12-6-7-13(18(12)15)10-16(14)17(19)9-11/h2-4,10-11,17H,5-9,19H2,1H3. The second-order valence-electron chi connectivity index (χ2n) is 6.43. The fourth-order valence-electron chi connectivity index (χ4n) is 4.09. The van der Waals surface area contributed by atoms with Gasteiger partial charge in [-0.1, -0.05) is 31.2 Å². The minimum atomic E-state index is 0.234. The molecule has 4 rings (SSSR count). The van der Waals surface area contributed by atoms with Crippen molar-refractivity contribution in [2.75, 3.05) is 0 Å². The first-order chi connectivity index (χ1) is 9.24. The van der Waals surface area contributed by atoms with Crippen molar-refractivity contribution in [1.82, 2.24) is 0 Å². The Kier molecular flexibility index (Phi) is 2.46. The Morgan fingerprint density at radius 2 is 1.95 bits per heavy atom. The minimum absolute atomic E-state index is 0.234. The molecule has 1 heteroatoms. The lowest BCUT2D eigenvalue weighted by Crippen LogP contribution is -2.13. The highest BCUT2D eigenvalue weighted by atomic mass is 14.6. The van der Waals surface area contributed by atoms with E-state index in [2.05, 4.69) is 31.2 Å². The molecule has 0 saturated heterocycles. The van der Waals surface area contributed by atoms with Gasteiger partial charge in [-0.2, -0.15) is 0 Å². The molecular weight excluding hydrogens is 230 g/mol. The van der Waals surface area contributed by atoms with Gasteiger partial charge in [-0.05, 0) is 71.0 Å². The molecule has 2 aliphatic rings. The number of hydrogen-bond acceptors (Lipinski definition) is 1. The molecule has 2 aromatic rings. The molecule has 2 N–H and O–H groups in total. The summed E-state index contributed by atoms with van der Waals surface area (Å²) in [6.07, 6.45) is 6.02. The van der Waals surface area contributed by atoms with Crippen LogP contribution in [0.2, 0.25) is 0 Å². The highest BCUT2D eigenvalue weighted by Crippen LogP contribution is 2.40. The lowest BCUT2D eigenvalue weighted by atomic mass is 9.91. The van der Waals surface area contributed by atoms with E-state index >= 15 is 0 Å². The molecular formula is C18H21N. The Labute approximate surface area is 114 Å². The number of benzene rings is 2. The molecule has 0 saturated carbocycles. The van der Waals surface area contributed by atoms with Crippen molar-refractivity contribution in [3.63, 3.8) is 0 Å². The summed E-state index contributed by atoms with van der Waals surface area (Å²) in [4.78, 5) is 0. The highest BCUT2D eigenvalue weighted by Gasteiger charge is 2.25. The van der Waals surface area contributed by atoms with E-state index in [4.69, 9.17) is 5.73 Å². The number of fused-ring (bicyclic) bond motifs is 2. The van der Waals surface area contributed by atoms with E-state index in [1.54, 1.807) is 16.5 Å². The van der Waals surface area contributed by atoms with Gasteiger partial charge in [0, 0.05) is 6.04 Å². The summed E-state index contributed by atoms with van der Waals surface area (Å²) in [6.45, 7) is 2.34. The molecule has 2 aromatic carbocycles. The van der Waals surface area contributed by atoms with E-state index in [-0.39, 0.29) is 6.04 Å². The first-order valence-corrected chi connectivity index (χ1v) is 7.56. The van der Waals surface area contributed by atoms with Gasteiger partial charge in [-0.15, -0.1) is 0 Å². The second-order valence-corrected chi connectivity index (χ2v) is 6.43. The Morgan fingerprint density at radius 1 is 1.11 bits per heavy atom. The molecule has 0 heterocycles. The van der Waals surface area contributed by atoms with Gasteiger partial charge in [0.1, 0.15) is 0 Å². The molecule has 19 heavy (non-hydrogen) atoms. The first kappa shape index (κ1) is 11.5. The SMILES string of the molecule is CC1CCc2c(cc3c4c(cccc24)CC3)C(N)C1. The van der Waals surface area contributed by atoms with E-state index in [0.717, 1.165) is 12.3 Å². The topological polar surface area (TPSA) is 26.0 Å². The maximum atomic E-state index is 6.47. The maximum Gasteiger partial charge on any atom is 0.0300 e. The quantitative estimate of drug-likeness (QED) is 0.706. The minimum Gasteiger partial charge on any atom is -0.324 e. The average molecular weight is 251 g/mol. The summed E-state index contributed by atoms with van der Waals surface area (Å²) >= 11 is 0. The van der Waals surface area contributed by atoms with Crippen LogP contribution >= 0.6 is 0 Å². The van der Waals surface area contributed by atoms with Crippen LogP contribution in [0.25, 0.3) is 10.8 Å². The number of aryl methyl sites for hydroxylation is 3. The normalized spacial score (nSPS) is 25.4. The predicted molar refractivity (Wildman–Crippen MR) is 80.4 cm³/mol. The van der Waals surface area contributed by atoms with Crippen LogP contribution in [0.5, 0.6) is 0 Å². The Hall–Kier alpha value is -1.34. The zero-order valence-corrected chi connectivity index (χ0v) is 11.6. The fraction of sp³-hybridized carbons (Fsp3) is 0.444. The number of rotatable bonds is 0. The summed E-state index contributed by atoms with van der Waals surface area (Å²) in [5.41, 5.74) is 12.5. The second kappa shape index (κ2) is 4.08. The lowest BCUT2D eigenvalue weighted by molar-refractivity contribution is 0.464. The van der Waals surface area contributed by atoms with Gasteiger partial charge in [0.25, 0.3) is 0 Å². The van der Waals surface area contributed by atoms with E-state index in [0.29, 0.717) is 0 Å². The van der Waals surface area contributed by atoms with E-state index in [9.17, 15) is 0 Å². The van der Waals surface area contributed by atoms with Gasteiger partial charge in [0.05, 0.1) is 0 Å². The van der Waals surface area contributed by atoms with E-state index in [1.165, 1.54) is 42.2 Å². The van der Waals surface area contributed by atoms with Crippen LogP contribution in [-0.4, -0.2) is 0 Å². The van der Waals surface area contributed by atoms with Crippen LogP contribution in [0.1, 0.15) is 48.1 Å². The predicted octanol–water partition coefficient (Wildman–Crippen LogP) is 3.91. The summed E-state index contributed by atoms with van der Waals surface area (Å²) < 4.78 is 0. The molecule has 0 fully saturated rings. The zero-order chi connectivity index (χ0) is 13.0. The monoisotopic (exact) mass is 251 g/mol. The van der Waals surface area contributed by atoms with Crippen LogP contribution in [0, 0.1) is 5.92 Å². The third-order valence-corrected chi connectivity index (χ3v) is 5.08. The Bertz CT molecular complexity index is 656. The molecule has 2 atom stereocenters. The van der Waals surface area contributed by atoms with Gasteiger partial charge >= 0.3 is 0 Å². The van der Waals surface area contributed by atoms with E-state index in [1.807, 2.05) is 0 Å². The first-order valence-electron chi connectivity index (χ1n) is 7.56. The van der Waals surface area contributed by atoms with Gasteiger partial charge in [0.15, 0.2) is 0 Å². The summed E-state index contributed by atoms with van der Waals surface area (Å²) in [6, 6.07) is 9.50. The summed E-state index contributed by atoms with van der Waals surface area (Å²) in [5.74, 6) is 0.743. The molecule has 2 aliphatic carbocycles. The molecule has 1 nitrogen and oxygen atoms in total. The van der Waals surface area contributed by atoms with Gasteiger partial charge < -0.3 is 5.73 Å². The summed E-state index contributed by atoms with van der Waals surface area (Å²) in [7, 11) is 0. The van der Waals surface area contributed by atoms with Gasteiger partial charge in [-0.25, -0.2) is 0 Å². The summed E-state index contributed by atoms with van der Waals surface area (Å²) in [5, 5.41) is 3.04. The van der Waals surface area contributed by atoms with Crippen LogP contribution in [0.4, 0.5) is 0 Å². The van der Waals surface area contributed by atoms with Crippen LogP contribution in [-0.2, 0) is 19.3 Å². The average Bonchev–Trinajstić information content (AvgIpc) is 2.75. The molecule has 0 spiro atoms. The molecule has 0 radical (unpaired) electrons. The van der Waals surface area contributed by atoms with Crippen molar-refractivity contribution in [2.24, 2.45) is 11.7 Å². The third kappa shape index (κ3) is 1.64. The van der Waals surface area contributed by atoms with Crippen molar-refractivity contribution in [3.8, 4) is 0 Å². The van der Waals surface area contributed by atoms with Crippen LogP contribution in [0.15, 0.2) is 24.3 Å². The molecule has 2 unspecified atom stereocenters. The van der Waals surface area contributed by atoms with Crippen molar-refractivity contribution in [3.05, 3.63) is 46.5 Å². The number of hydrogen-bond donors (Lipinski definition) is 1. The molecule has 0 aromatic heterocycles. The van der Waals surface area contributed by atoms with Gasteiger partial charge in [0.2, 0.25) is 0 Å². The third-order valence-electron chi connectivity index (χ3n) is 5.08. The van der Waals surface area contributed by atoms with Crippen molar-refractivity contribution in [2.45, 2.75) is 45.1 Å². The van der Waals surface area contributed by atoms with E-state index < -0.39 is 0 Å².